The van der Waals surface area contributed by atoms with Crippen LogP contribution in [0.5, 0.6) is 0 Å². The molecule has 1 amide bonds. The molecule has 0 saturated heterocycles. The van der Waals surface area contributed by atoms with E-state index in [9.17, 15) is 9.59 Å². The third-order valence-electron chi connectivity index (χ3n) is 4.00. The maximum Gasteiger partial charge on any atom is 0.249 e. The normalized spacial score (nSPS) is 14.3. The van der Waals surface area contributed by atoms with E-state index in [0.717, 1.165) is 47.4 Å². The maximum atomic E-state index is 12.3. The molecule has 124 valence electrons. The summed E-state index contributed by atoms with van der Waals surface area (Å²) in [5.74, 6) is -0.0271. The number of hydrogen-bond donors (Lipinski definition) is 3. The van der Waals surface area contributed by atoms with E-state index < -0.39 is 0 Å². The van der Waals surface area contributed by atoms with Crippen LogP contribution < -0.4 is 16.2 Å². The summed E-state index contributed by atoms with van der Waals surface area (Å²) in [4.78, 5) is 26.5. The SMILES string of the molecule is CCCCNC(=O)C1=CC(c2ccc(=O)[nH]c2C)=C(CC)NC1. The highest BCUT2D eigenvalue weighted by atomic mass is 16.1. The van der Waals surface area contributed by atoms with Gasteiger partial charge in [0.05, 0.1) is 0 Å². The average molecular weight is 315 g/mol. The van der Waals surface area contributed by atoms with Crippen molar-refractivity contribution in [2.75, 3.05) is 13.1 Å². The smallest absolute Gasteiger partial charge is 0.249 e. The highest BCUT2D eigenvalue weighted by Crippen LogP contribution is 2.26. The number of nitrogens with one attached hydrogen (secondary N) is 3. The Hall–Kier alpha value is -2.30. The van der Waals surface area contributed by atoms with Crippen molar-refractivity contribution >= 4 is 11.5 Å². The molecule has 0 aliphatic carbocycles. The Labute approximate surface area is 136 Å². The number of aromatic nitrogens is 1. The van der Waals surface area contributed by atoms with Crippen molar-refractivity contribution in [3.05, 3.63) is 51.1 Å². The molecular weight excluding hydrogens is 290 g/mol. The second-order valence-electron chi connectivity index (χ2n) is 5.74. The first-order chi connectivity index (χ1) is 11.1. The Morgan fingerprint density at radius 2 is 2.09 bits per heavy atom. The molecule has 0 aromatic carbocycles. The molecule has 1 aromatic rings. The average Bonchev–Trinajstić information content (AvgIpc) is 2.54. The van der Waals surface area contributed by atoms with Crippen molar-refractivity contribution in [1.29, 1.82) is 0 Å². The van der Waals surface area contributed by atoms with Crippen molar-refractivity contribution in [2.45, 2.75) is 40.0 Å². The lowest BCUT2D eigenvalue weighted by Gasteiger charge is -2.22. The van der Waals surface area contributed by atoms with Gasteiger partial charge in [0.15, 0.2) is 0 Å². The summed E-state index contributed by atoms with van der Waals surface area (Å²) in [7, 11) is 0. The molecule has 5 nitrogen and oxygen atoms in total. The summed E-state index contributed by atoms with van der Waals surface area (Å²) in [5, 5.41) is 6.29. The van der Waals surface area contributed by atoms with E-state index in [-0.39, 0.29) is 11.5 Å². The van der Waals surface area contributed by atoms with Gasteiger partial charge in [-0.25, -0.2) is 0 Å². The van der Waals surface area contributed by atoms with Crippen LogP contribution in [0.1, 0.15) is 44.4 Å². The molecule has 2 rings (SSSR count). The van der Waals surface area contributed by atoms with Crippen LogP contribution in [0.25, 0.3) is 5.57 Å². The van der Waals surface area contributed by atoms with Crippen molar-refractivity contribution in [2.24, 2.45) is 0 Å². The van der Waals surface area contributed by atoms with Gasteiger partial charge < -0.3 is 15.6 Å². The highest BCUT2D eigenvalue weighted by Gasteiger charge is 2.19. The summed E-state index contributed by atoms with van der Waals surface area (Å²) in [6.45, 7) is 7.28. The van der Waals surface area contributed by atoms with Crippen LogP contribution in [0.3, 0.4) is 0 Å². The van der Waals surface area contributed by atoms with Gasteiger partial charge in [0.25, 0.3) is 0 Å². The Morgan fingerprint density at radius 1 is 1.30 bits per heavy atom. The Morgan fingerprint density at radius 3 is 2.74 bits per heavy atom. The number of rotatable bonds is 6. The molecule has 1 aliphatic heterocycles. The third-order valence-corrected chi connectivity index (χ3v) is 4.00. The van der Waals surface area contributed by atoms with Crippen LogP contribution in [0, 0.1) is 6.92 Å². The minimum Gasteiger partial charge on any atom is -0.384 e. The number of carbonyl (C=O) groups excluding carboxylic acids is 1. The van der Waals surface area contributed by atoms with Crippen molar-refractivity contribution in [3.63, 3.8) is 0 Å². The number of H-pyrrole nitrogens is 1. The lowest BCUT2D eigenvalue weighted by Crippen LogP contribution is -2.33. The zero-order chi connectivity index (χ0) is 16.8. The first kappa shape index (κ1) is 17.1. The van der Waals surface area contributed by atoms with Crippen LogP contribution >= 0.6 is 0 Å². The predicted octanol–water partition coefficient (Wildman–Crippen LogP) is 2.25. The topological polar surface area (TPSA) is 74.0 Å². The van der Waals surface area contributed by atoms with Gasteiger partial charge in [-0.1, -0.05) is 20.3 Å². The molecule has 0 radical (unpaired) electrons. The Bertz CT molecular complexity index is 698. The van der Waals surface area contributed by atoms with Crippen LogP contribution in [0.15, 0.2) is 34.3 Å². The van der Waals surface area contributed by atoms with E-state index in [1.807, 2.05) is 19.1 Å². The Balaban J connectivity index is 2.32. The lowest BCUT2D eigenvalue weighted by atomic mass is 9.95. The first-order valence-electron chi connectivity index (χ1n) is 8.22. The zero-order valence-corrected chi connectivity index (χ0v) is 14.1. The molecule has 1 aromatic heterocycles. The van der Waals surface area contributed by atoms with E-state index in [1.165, 1.54) is 6.07 Å². The molecule has 1 aliphatic rings. The molecule has 0 saturated carbocycles. The number of carbonyl (C=O) groups is 1. The first-order valence-corrected chi connectivity index (χ1v) is 8.22. The lowest BCUT2D eigenvalue weighted by molar-refractivity contribution is -0.117. The van der Waals surface area contributed by atoms with E-state index in [0.29, 0.717) is 13.1 Å². The fourth-order valence-corrected chi connectivity index (χ4v) is 2.67. The number of aryl methyl sites for hydroxylation is 1. The summed E-state index contributed by atoms with van der Waals surface area (Å²) < 4.78 is 0. The molecule has 0 fully saturated rings. The van der Waals surface area contributed by atoms with Crippen LogP contribution in [0.2, 0.25) is 0 Å². The molecule has 0 unspecified atom stereocenters. The Kier molecular flexibility index (Phi) is 5.79. The fraction of sp³-hybridized carbons (Fsp3) is 0.444. The van der Waals surface area contributed by atoms with E-state index in [4.69, 9.17) is 0 Å². The number of dihydropyridines is 1. The van der Waals surface area contributed by atoms with Crippen LogP contribution in [-0.2, 0) is 4.79 Å². The number of amides is 1. The van der Waals surface area contributed by atoms with Gasteiger partial charge in [0.1, 0.15) is 0 Å². The van der Waals surface area contributed by atoms with Gasteiger partial charge in [-0.3, -0.25) is 9.59 Å². The summed E-state index contributed by atoms with van der Waals surface area (Å²) >= 11 is 0. The van der Waals surface area contributed by atoms with Gasteiger partial charge in [-0.05, 0) is 31.9 Å². The van der Waals surface area contributed by atoms with E-state index in [1.54, 1.807) is 0 Å². The number of aromatic amines is 1. The number of pyridine rings is 1. The van der Waals surface area contributed by atoms with Crippen LogP contribution in [-0.4, -0.2) is 24.0 Å². The molecule has 3 N–H and O–H groups in total. The van der Waals surface area contributed by atoms with E-state index in [2.05, 4.69) is 29.5 Å². The van der Waals surface area contributed by atoms with Crippen molar-refractivity contribution in [3.8, 4) is 0 Å². The van der Waals surface area contributed by atoms with Gasteiger partial charge in [-0.15, -0.1) is 0 Å². The van der Waals surface area contributed by atoms with Gasteiger partial charge in [-0.2, -0.15) is 0 Å². The minimum absolute atomic E-state index is 0.0271. The number of allylic oxidation sites excluding steroid dienone is 3. The minimum atomic E-state index is -0.116. The quantitative estimate of drug-likeness (QED) is 0.705. The monoisotopic (exact) mass is 315 g/mol. The van der Waals surface area contributed by atoms with E-state index >= 15 is 0 Å². The third kappa shape index (κ3) is 4.12. The highest BCUT2D eigenvalue weighted by molar-refractivity contribution is 5.98. The molecule has 0 atom stereocenters. The summed E-state index contributed by atoms with van der Waals surface area (Å²) in [6, 6.07) is 3.33. The van der Waals surface area contributed by atoms with Gasteiger partial charge in [0, 0.05) is 47.3 Å². The molecule has 0 spiro atoms. The van der Waals surface area contributed by atoms with Crippen LogP contribution in [0.4, 0.5) is 0 Å². The maximum absolute atomic E-state index is 12.3. The van der Waals surface area contributed by atoms with Gasteiger partial charge >= 0.3 is 0 Å². The summed E-state index contributed by atoms with van der Waals surface area (Å²) in [6.07, 6.45) is 4.82. The van der Waals surface area contributed by atoms with Crippen molar-refractivity contribution < 1.29 is 4.79 Å². The second-order valence-corrected chi connectivity index (χ2v) is 5.74. The largest absolute Gasteiger partial charge is 0.384 e. The van der Waals surface area contributed by atoms with Crippen molar-refractivity contribution in [1.82, 2.24) is 15.6 Å². The molecule has 5 heteroatoms. The molecule has 2 heterocycles. The molecular formula is C18H25N3O2. The number of hydrogen-bond acceptors (Lipinski definition) is 3. The predicted molar refractivity (Wildman–Crippen MR) is 93.0 cm³/mol. The number of unbranched alkanes of at least 4 members (excludes halogenated alkanes) is 1. The summed E-state index contributed by atoms with van der Waals surface area (Å²) in [5.41, 5.74) is 4.43. The van der Waals surface area contributed by atoms with Gasteiger partial charge in [0.2, 0.25) is 11.5 Å². The zero-order valence-electron chi connectivity index (χ0n) is 14.1. The molecule has 0 bridgehead atoms. The standard InChI is InChI=1S/C18H25N3O2/c1-4-6-9-19-18(23)13-10-15(16(5-2)20-11-13)14-7-8-17(22)21-12(14)3/h7-8,10,20H,4-6,9,11H2,1-3H3,(H,19,23)(H,21,22). The fourth-order valence-electron chi connectivity index (χ4n) is 2.67. The second kappa shape index (κ2) is 7.81. The molecule has 23 heavy (non-hydrogen) atoms.